The molecule has 3 rings (SSSR count). The molecule has 2 N–H and O–H groups in total. The molecule has 0 bridgehead atoms. The summed E-state index contributed by atoms with van der Waals surface area (Å²) in [6, 6.07) is 2.73. The third kappa shape index (κ3) is 1.84. The summed E-state index contributed by atoms with van der Waals surface area (Å²) in [5, 5.41) is 18.1. The van der Waals surface area contributed by atoms with Gasteiger partial charge in [-0.15, -0.1) is 0 Å². The monoisotopic (exact) mass is 274 g/mol. The molecule has 0 saturated heterocycles. The summed E-state index contributed by atoms with van der Waals surface area (Å²) in [4.78, 5) is 0. The Hall–Kier alpha value is -1.77. The predicted molar refractivity (Wildman–Crippen MR) is 90.1 cm³/mol. The summed E-state index contributed by atoms with van der Waals surface area (Å²) in [5.74, 6) is -0.646. The van der Waals surface area contributed by atoms with Gasteiger partial charge in [0.15, 0.2) is 0 Å². The van der Waals surface area contributed by atoms with Crippen LogP contribution in [-0.4, -0.2) is 57.3 Å². The fraction of sp³-hybridized carbons (Fsp3) is 0.0769. The molecule has 0 fully saturated rings. The summed E-state index contributed by atoms with van der Waals surface area (Å²) in [6.07, 6.45) is 0. The smallest absolute Gasteiger partial charge is 0.126 e. The molecular formula is C13H4B6O3. The first kappa shape index (κ1) is 15.1. The molecule has 0 aromatic heterocycles. The lowest BCUT2D eigenvalue weighted by molar-refractivity contribution is 0.441. The molecule has 3 nitrogen and oxygen atoms in total. The van der Waals surface area contributed by atoms with Crippen molar-refractivity contribution in [1.29, 1.82) is 0 Å². The number of phenolic OH excluding ortho intramolecular Hbond substituents is 2. The maximum Gasteiger partial charge on any atom is 0.126 e. The van der Waals surface area contributed by atoms with Crippen LogP contribution >= 0.6 is 0 Å². The van der Waals surface area contributed by atoms with Gasteiger partial charge in [-0.2, -0.15) is 0 Å². The van der Waals surface area contributed by atoms with Crippen LogP contribution in [0.25, 0.3) is 0 Å². The van der Waals surface area contributed by atoms with Gasteiger partial charge in [0, 0.05) is 0 Å². The Morgan fingerprint density at radius 3 is 1.50 bits per heavy atom. The van der Waals surface area contributed by atoms with Crippen LogP contribution in [-0.2, 0) is 5.21 Å². The Morgan fingerprint density at radius 2 is 1.14 bits per heavy atom. The fourth-order valence-corrected chi connectivity index (χ4v) is 2.48. The molecule has 0 amide bonds. The Balaban J connectivity index is 2.38. The summed E-state index contributed by atoms with van der Waals surface area (Å²) in [6.45, 7) is 0. The van der Waals surface area contributed by atoms with E-state index in [9.17, 15) is 10.2 Å². The van der Waals surface area contributed by atoms with Crippen LogP contribution in [0.3, 0.4) is 0 Å². The third-order valence-corrected chi connectivity index (χ3v) is 3.73. The normalized spacial score (nSPS) is 14.7. The molecule has 1 aliphatic heterocycles. The van der Waals surface area contributed by atoms with Gasteiger partial charge in [-0.25, -0.2) is 0 Å². The van der Waals surface area contributed by atoms with Crippen LogP contribution in [0.15, 0.2) is 12.1 Å². The van der Waals surface area contributed by atoms with Crippen LogP contribution in [0.4, 0.5) is 0 Å². The molecule has 22 heavy (non-hydrogen) atoms. The summed E-state index contributed by atoms with van der Waals surface area (Å²) < 4.78 is 5.61. The average Bonchev–Trinajstić information content (AvgIpc) is 2.45. The maximum atomic E-state index is 9.84. The van der Waals surface area contributed by atoms with Gasteiger partial charge in [0.1, 0.15) is 54.4 Å². The van der Waals surface area contributed by atoms with Gasteiger partial charge in [0.2, 0.25) is 0 Å². The molecule has 92 valence electrons. The lowest BCUT2D eigenvalue weighted by Crippen LogP contribution is -2.39. The quantitative estimate of drug-likeness (QED) is 0.500. The minimum Gasteiger partial charge on any atom is -0.509 e. The molecule has 0 spiro atoms. The van der Waals surface area contributed by atoms with Crippen molar-refractivity contribution in [3.63, 3.8) is 0 Å². The van der Waals surface area contributed by atoms with E-state index >= 15 is 0 Å². The van der Waals surface area contributed by atoms with Crippen LogP contribution < -0.4 is 26.6 Å². The fourth-order valence-electron chi connectivity index (χ4n) is 2.48. The van der Waals surface area contributed by atoms with E-state index in [0.29, 0.717) is 0 Å². The number of fused-ring (bicyclic) bond motifs is 2. The Morgan fingerprint density at radius 1 is 0.773 bits per heavy atom. The van der Waals surface area contributed by atoms with Crippen LogP contribution in [0.1, 0.15) is 11.1 Å². The van der Waals surface area contributed by atoms with E-state index in [1.165, 1.54) is 12.1 Å². The largest absolute Gasteiger partial charge is 0.509 e. The molecular weight excluding hydrogens is 269 g/mol. The minimum absolute atomic E-state index is 0.00305. The van der Waals surface area contributed by atoms with Crippen LogP contribution in [0, 0.1) is 0 Å². The van der Waals surface area contributed by atoms with Gasteiger partial charge >= 0.3 is 0 Å². The third-order valence-electron chi connectivity index (χ3n) is 3.73. The molecule has 1 heterocycles. The van der Waals surface area contributed by atoms with E-state index in [4.69, 9.17) is 51.8 Å². The number of phenols is 2. The van der Waals surface area contributed by atoms with Crippen LogP contribution in [0.2, 0.25) is 0 Å². The van der Waals surface area contributed by atoms with Crippen molar-refractivity contribution in [3.8, 4) is 23.0 Å². The van der Waals surface area contributed by atoms with Gasteiger partial charge in [0.25, 0.3) is 0 Å². The van der Waals surface area contributed by atoms with Gasteiger partial charge < -0.3 is 14.9 Å². The molecule has 0 saturated carbocycles. The van der Waals surface area contributed by atoms with E-state index in [0.717, 1.165) is 0 Å². The second kappa shape index (κ2) is 4.61. The van der Waals surface area contributed by atoms with Crippen molar-refractivity contribution >= 4 is 68.9 Å². The molecule has 12 radical (unpaired) electrons. The van der Waals surface area contributed by atoms with E-state index in [1.807, 2.05) is 0 Å². The first-order valence-corrected chi connectivity index (χ1v) is 6.24. The molecule has 0 unspecified atom stereocenters. The summed E-state index contributed by atoms with van der Waals surface area (Å²) in [7, 11) is 35.4. The highest BCUT2D eigenvalue weighted by Crippen LogP contribution is 2.43. The highest BCUT2D eigenvalue weighted by Gasteiger charge is 2.36. The first-order valence-electron chi connectivity index (χ1n) is 6.24. The minimum atomic E-state index is -1.57. The Labute approximate surface area is 135 Å². The van der Waals surface area contributed by atoms with Crippen molar-refractivity contribution in [2.45, 2.75) is 5.21 Å². The number of ether oxygens (including phenoxy) is 1. The Bertz CT molecular complexity index is 753. The lowest BCUT2D eigenvalue weighted by atomic mass is 9.45. The zero-order valence-electron chi connectivity index (χ0n) is 11.4. The maximum absolute atomic E-state index is 9.84. The van der Waals surface area contributed by atoms with Crippen molar-refractivity contribution in [2.24, 2.45) is 0 Å². The number of hydrogen-bond acceptors (Lipinski definition) is 3. The second-order valence-corrected chi connectivity index (χ2v) is 5.18. The summed E-state index contributed by atoms with van der Waals surface area (Å²) >= 11 is 0. The van der Waals surface area contributed by atoms with E-state index in [2.05, 4.69) is 0 Å². The molecule has 0 aliphatic carbocycles. The van der Waals surface area contributed by atoms with Gasteiger partial charge in [0.05, 0.1) is 15.7 Å². The molecule has 2 aromatic carbocycles. The zero-order valence-corrected chi connectivity index (χ0v) is 11.4. The lowest BCUT2D eigenvalue weighted by Gasteiger charge is -2.38. The van der Waals surface area contributed by atoms with Gasteiger partial charge in [-0.1, -0.05) is 23.1 Å². The number of hydrogen-bond donors (Lipinski definition) is 2. The number of benzene rings is 2. The van der Waals surface area contributed by atoms with Crippen molar-refractivity contribution < 1.29 is 14.9 Å². The predicted octanol–water partition coefficient (Wildman–Crippen LogP) is -3.08. The van der Waals surface area contributed by atoms with E-state index in [1.54, 1.807) is 0 Å². The van der Waals surface area contributed by atoms with Gasteiger partial charge in [-0.05, 0) is 27.3 Å². The van der Waals surface area contributed by atoms with Crippen LogP contribution in [0.5, 0.6) is 23.0 Å². The topological polar surface area (TPSA) is 49.7 Å². The Kier molecular flexibility index (Phi) is 3.17. The van der Waals surface area contributed by atoms with Crippen molar-refractivity contribution in [1.82, 2.24) is 0 Å². The number of aromatic hydroxyl groups is 2. The van der Waals surface area contributed by atoms with Gasteiger partial charge in [-0.3, -0.25) is 0 Å². The van der Waals surface area contributed by atoms with E-state index in [-0.39, 0.29) is 56.0 Å². The summed E-state index contributed by atoms with van der Waals surface area (Å²) in [5.41, 5.74) is 0.273. The SMILES string of the molecule is [B]c1cc2c(c([B])c1O)Oc1c(cc([B])c(O)c1[B])C2([B])[B]. The number of rotatable bonds is 0. The standard InChI is InChI=1S/C13H4B6O3/c14-5-1-3-11(7(16)9(5)20)22-12-4(13(3,18)19)2-6(15)10(21)8(12)17/h1-2,20-21H. The molecule has 9 heteroatoms. The van der Waals surface area contributed by atoms with Crippen molar-refractivity contribution in [2.75, 3.05) is 0 Å². The first-order chi connectivity index (χ1) is 10.2. The molecule has 1 aliphatic rings. The van der Waals surface area contributed by atoms with Crippen molar-refractivity contribution in [3.05, 3.63) is 23.3 Å². The highest BCUT2D eigenvalue weighted by atomic mass is 16.5. The average molecular weight is 273 g/mol. The second-order valence-electron chi connectivity index (χ2n) is 5.18. The highest BCUT2D eigenvalue weighted by molar-refractivity contribution is 6.48. The zero-order chi connectivity index (χ0) is 16.4. The molecule has 0 atom stereocenters. The molecule has 2 aromatic rings. The van der Waals surface area contributed by atoms with E-state index < -0.39 is 5.21 Å².